The quantitative estimate of drug-likeness (QED) is 0.552. The predicted molar refractivity (Wildman–Crippen MR) is 67.5 cm³/mol. The number of carbonyl (C=O) groups is 1. The Morgan fingerprint density at radius 2 is 2.06 bits per heavy atom. The number of carbonyl (C=O) groups excluding carboxylic acids is 1. The zero-order valence-corrected chi connectivity index (χ0v) is 11.4. The van der Waals surface area contributed by atoms with Crippen LogP contribution in [0.2, 0.25) is 0 Å². The zero-order chi connectivity index (χ0) is 13.6. The Morgan fingerprint density at radius 3 is 2.61 bits per heavy atom. The van der Waals surface area contributed by atoms with Crippen molar-refractivity contribution in [2.75, 3.05) is 39.1 Å². The molecule has 0 spiro atoms. The third-order valence-electron chi connectivity index (χ3n) is 2.64. The number of hydrogen-bond donors (Lipinski definition) is 2. The number of hydrogen-bond acceptors (Lipinski definition) is 5. The fourth-order valence-corrected chi connectivity index (χ4v) is 2.21. The second-order valence-corrected chi connectivity index (χ2v) is 6.21. The van der Waals surface area contributed by atoms with Gasteiger partial charge in [-0.2, -0.15) is 0 Å². The van der Waals surface area contributed by atoms with Crippen LogP contribution >= 0.6 is 0 Å². The third kappa shape index (κ3) is 5.76. The summed E-state index contributed by atoms with van der Waals surface area (Å²) in [4.78, 5) is 13.5. The van der Waals surface area contributed by atoms with Crippen LogP contribution in [0, 0.1) is 0 Å². The maximum atomic E-state index is 11.8. The van der Waals surface area contributed by atoms with Gasteiger partial charge >= 0.3 is 0 Å². The number of nitrogens with one attached hydrogen (secondary N) is 1. The number of sulfonamides is 1. The lowest BCUT2D eigenvalue weighted by atomic mass is 10.3. The molecule has 106 valence electrons. The van der Waals surface area contributed by atoms with Gasteiger partial charge in [-0.25, -0.2) is 13.1 Å². The van der Waals surface area contributed by atoms with Gasteiger partial charge in [0.1, 0.15) is 6.04 Å². The molecule has 1 amide bonds. The molecule has 8 heteroatoms. The summed E-state index contributed by atoms with van der Waals surface area (Å²) in [7, 11) is -3.19. The molecule has 18 heavy (non-hydrogen) atoms. The van der Waals surface area contributed by atoms with Crippen LogP contribution in [0.3, 0.4) is 0 Å². The highest BCUT2D eigenvalue weighted by Crippen LogP contribution is 2.08. The van der Waals surface area contributed by atoms with Crippen LogP contribution < -0.4 is 10.5 Å². The van der Waals surface area contributed by atoms with Crippen molar-refractivity contribution in [2.45, 2.75) is 18.9 Å². The lowest BCUT2D eigenvalue weighted by Gasteiger charge is -2.20. The van der Waals surface area contributed by atoms with Crippen LogP contribution in [-0.2, 0) is 19.6 Å². The summed E-state index contributed by atoms with van der Waals surface area (Å²) in [6.07, 6.45) is 3.13. The van der Waals surface area contributed by atoms with Crippen molar-refractivity contribution in [3.05, 3.63) is 0 Å². The van der Waals surface area contributed by atoms with E-state index in [1.165, 1.54) is 0 Å². The molecule has 1 rings (SSSR count). The lowest BCUT2D eigenvalue weighted by molar-refractivity contribution is -0.132. The first-order chi connectivity index (χ1) is 8.40. The highest BCUT2D eigenvalue weighted by molar-refractivity contribution is 7.88. The summed E-state index contributed by atoms with van der Waals surface area (Å²) < 4.78 is 29.0. The van der Waals surface area contributed by atoms with Crippen molar-refractivity contribution in [3.63, 3.8) is 0 Å². The van der Waals surface area contributed by atoms with Crippen LogP contribution in [0.25, 0.3) is 0 Å². The summed E-state index contributed by atoms with van der Waals surface area (Å²) >= 11 is 0. The van der Waals surface area contributed by atoms with E-state index in [1.54, 1.807) is 4.90 Å². The molecule has 1 fully saturated rings. The Kier molecular flexibility index (Phi) is 6.00. The van der Waals surface area contributed by atoms with Crippen LogP contribution in [0.15, 0.2) is 0 Å². The molecule has 3 N–H and O–H groups in total. The van der Waals surface area contributed by atoms with Crippen molar-refractivity contribution < 1.29 is 17.9 Å². The first-order valence-corrected chi connectivity index (χ1v) is 7.86. The highest BCUT2D eigenvalue weighted by atomic mass is 32.2. The molecule has 1 heterocycles. The topological polar surface area (TPSA) is 102 Å². The fourth-order valence-electron chi connectivity index (χ4n) is 1.75. The van der Waals surface area contributed by atoms with Crippen molar-refractivity contribution in [1.82, 2.24) is 9.62 Å². The summed E-state index contributed by atoms with van der Waals surface area (Å²) in [6.45, 7) is 2.03. The normalized spacial score (nSPS) is 18.0. The van der Waals surface area contributed by atoms with E-state index >= 15 is 0 Å². The Labute approximate surface area is 108 Å². The minimum atomic E-state index is -3.19. The second kappa shape index (κ2) is 7.03. The first kappa shape index (κ1) is 15.4. The summed E-state index contributed by atoms with van der Waals surface area (Å²) in [5.74, 6) is -0.0939. The molecule has 0 bridgehead atoms. The SMILES string of the molecule is CS(=O)(=O)NCCOCC(N)C(=O)N1CCCC1. The molecule has 1 saturated heterocycles. The van der Waals surface area contributed by atoms with Gasteiger partial charge in [0, 0.05) is 19.6 Å². The minimum Gasteiger partial charge on any atom is -0.378 e. The van der Waals surface area contributed by atoms with Gasteiger partial charge in [-0.15, -0.1) is 0 Å². The van der Waals surface area contributed by atoms with Gasteiger partial charge in [0.05, 0.1) is 19.5 Å². The van der Waals surface area contributed by atoms with Crippen LogP contribution in [0.1, 0.15) is 12.8 Å². The number of ether oxygens (including phenoxy) is 1. The fraction of sp³-hybridized carbons (Fsp3) is 0.900. The minimum absolute atomic E-state index is 0.0939. The average molecular weight is 279 g/mol. The van der Waals surface area contributed by atoms with E-state index in [-0.39, 0.29) is 25.7 Å². The van der Waals surface area contributed by atoms with E-state index in [2.05, 4.69) is 4.72 Å². The molecule has 0 aromatic heterocycles. The number of rotatable bonds is 7. The van der Waals surface area contributed by atoms with Crippen molar-refractivity contribution >= 4 is 15.9 Å². The van der Waals surface area contributed by atoms with Crippen LogP contribution in [0.4, 0.5) is 0 Å². The van der Waals surface area contributed by atoms with Gasteiger partial charge in [0.25, 0.3) is 0 Å². The van der Waals surface area contributed by atoms with E-state index < -0.39 is 16.1 Å². The molecule has 1 atom stereocenters. The molecular weight excluding hydrogens is 258 g/mol. The molecule has 1 aliphatic heterocycles. The molecule has 0 radical (unpaired) electrons. The van der Waals surface area contributed by atoms with Crippen LogP contribution in [-0.4, -0.2) is 64.4 Å². The largest absolute Gasteiger partial charge is 0.378 e. The monoisotopic (exact) mass is 279 g/mol. The molecule has 0 aromatic rings. The molecule has 0 aliphatic carbocycles. The number of nitrogens with zero attached hydrogens (tertiary/aromatic N) is 1. The molecular formula is C10H21N3O4S. The second-order valence-electron chi connectivity index (χ2n) is 4.38. The Balaban J connectivity index is 2.13. The standard InChI is InChI=1S/C10H21N3O4S/c1-18(15,16)12-4-7-17-8-9(11)10(14)13-5-2-3-6-13/h9,12H,2-8,11H2,1H3. The smallest absolute Gasteiger partial charge is 0.241 e. The number of amides is 1. The van der Waals surface area contributed by atoms with Gasteiger partial charge in [0.15, 0.2) is 0 Å². The van der Waals surface area contributed by atoms with E-state index in [1.807, 2.05) is 0 Å². The molecule has 0 aromatic carbocycles. The summed E-state index contributed by atoms with van der Waals surface area (Å²) in [5, 5.41) is 0. The highest BCUT2D eigenvalue weighted by Gasteiger charge is 2.23. The van der Waals surface area contributed by atoms with E-state index in [0.29, 0.717) is 0 Å². The molecule has 7 nitrogen and oxygen atoms in total. The Bertz CT molecular complexity index is 365. The Morgan fingerprint density at radius 1 is 1.44 bits per heavy atom. The zero-order valence-electron chi connectivity index (χ0n) is 10.6. The van der Waals surface area contributed by atoms with Gasteiger partial charge in [-0.3, -0.25) is 4.79 Å². The van der Waals surface area contributed by atoms with Crippen molar-refractivity contribution in [1.29, 1.82) is 0 Å². The predicted octanol–water partition coefficient (Wildman–Crippen LogP) is -1.50. The maximum absolute atomic E-state index is 11.8. The molecule has 1 aliphatic rings. The number of nitrogens with two attached hydrogens (primary N) is 1. The van der Waals surface area contributed by atoms with Crippen LogP contribution in [0.5, 0.6) is 0 Å². The van der Waals surface area contributed by atoms with Crippen molar-refractivity contribution in [3.8, 4) is 0 Å². The van der Waals surface area contributed by atoms with Crippen molar-refractivity contribution in [2.24, 2.45) is 5.73 Å². The van der Waals surface area contributed by atoms with E-state index in [9.17, 15) is 13.2 Å². The molecule has 0 saturated carbocycles. The van der Waals surface area contributed by atoms with Gasteiger partial charge in [-0.05, 0) is 12.8 Å². The average Bonchev–Trinajstić information content (AvgIpc) is 2.79. The van der Waals surface area contributed by atoms with Gasteiger partial charge in [0.2, 0.25) is 15.9 Å². The van der Waals surface area contributed by atoms with E-state index in [4.69, 9.17) is 10.5 Å². The van der Waals surface area contributed by atoms with Gasteiger partial charge in [-0.1, -0.05) is 0 Å². The lowest BCUT2D eigenvalue weighted by Crippen LogP contribution is -2.45. The Hall–Kier alpha value is -0.700. The maximum Gasteiger partial charge on any atom is 0.241 e. The first-order valence-electron chi connectivity index (χ1n) is 5.97. The third-order valence-corrected chi connectivity index (χ3v) is 3.37. The summed E-state index contributed by atoms with van der Waals surface area (Å²) in [6, 6.07) is -0.665. The number of likely N-dealkylation sites (tertiary alicyclic amines) is 1. The molecule has 1 unspecified atom stereocenters. The van der Waals surface area contributed by atoms with E-state index in [0.717, 1.165) is 32.2 Å². The van der Waals surface area contributed by atoms with Gasteiger partial charge < -0.3 is 15.4 Å². The summed E-state index contributed by atoms with van der Waals surface area (Å²) in [5.41, 5.74) is 5.71.